The fourth-order valence-electron chi connectivity index (χ4n) is 0.581. The van der Waals surface area contributed by atoms with Gasteiger partial charge in [0.05, 0.1) is 5.56 Å². The average molecular weight is 209 g/mol. The van der Waals surface area contributed by atoms with Crippen LogP contribution < -0.4 is 58.2 Å². The fourth-order valence-corrected chi connectivity index (χ4v) is 0.581. The molecule has 0 aliphatic heterocycles. The van der Waals surface area contributed by atoms with Crippen molar-refractivity contribution in [3.05, 3.63) is 35.9 Å². The van der Waals surface area contributed by atoms with Crippen LogP contribution >= 0.6 is 0 Å². The molecule has 1 rings (SSSR count). The molecule has 0 atom stereocenters. The SMILES string of the molecule is O=C(O)c1ccccc1.[H-].[Rb+]. The number of aromatic carboxylic acids is 1. The largest absolute Gasteiger partial charge is 1.00 e. The van der Waals surface area contributed by atoms with Crippen molar-refractivity contribution in [1.29, 1.82) is 0 Å². The zero-order valence-corrected chi connectivity index (χ0v) is 10.7. The summed E-state index contributed by atoms with van der Waals surface area (Å²) in [6.07, 6.45) is 0. The van der Waals surface area contributed by atoms with Crippen molar-refractivity contribution >= 4 is 5.97 Å². The van der Waals surface area contributed by atoms with Crippen molar-refractivity contribution < 1.29 is 69.5 Å². The van der Waals surface area contributed by atoms with Crippen molar-refractivity contribution in [3.8, 4) is 0 Å². The number of carbonyl (C=O) groups is 1. The Bertz CT molecular complexity index is 213. The molecule has 0 bridgehead atoms. The molecule has 48 valence electrons. The van der Waals surface area contributed by atoms with E-state index in [-0.39, 0.29) is 59.6 Å². The number of hydrogen-bond acceptors (Lipinski definition) is 1. The van der Waals surface area contributed by atoms with Crippen LogP contribution in [0.2, 0.25) is 0 Å². The van der Waals surface area contributed by atoms with Gasteiger partial charge in [0.25, 0.3) is 0 Å². The molecule has 0 heterocycles. The third-order valence-electron chi connectivity index (χ3n) is 1.02. The van der Waals surface area contributed by atoms with Crippen molar-refractivity contribution in [1.82, 2.24) is 0 Å². The van der Waals surface area contributed by atoms with E-state index in [0.29, 0.717) is 5.56 Å². The van der Waals surface area contributed by atoms with E-state index in [4.69, 9.17) is 5.11 Å². The van der Waals surface area contributed by atoms with Crippen LogP contribution in [0.4, 0.5) is 0 Å². The van der Waals surface area contributed by atoms with Crippen molar-refractivity contribution in [2.75, 3.05) is 0 Å². The summed E-state index contributed by atoms with van der Waals surface area (Å²) in [6.45, 7) is 0. The zero-order valence-electron chi connectivity index (χ0n) is 6.74. The summed E-state index contributed by atoms with van der Waals surface area (Å²) in [6, 6.07) is 8.30. The summed E-state index contributed by atoms with van der Waals surface area (Å²) >= 11 is 0. The number of carboxylic acids is 1. The minimum Gasteiger partial charge on any atom is -1.00 e. The summed E-state index contributed by atoms with van der Waals surface area (Å²) in [7, 11) is 0. The molecule has 0 saturated carbocycles. The van der Waals surface area contributed by atoms with Gasteiger partial charge in [-0.3, -0.25) is 0 Å². The van der Waals surface area contributed by atoms with E-state index in [2.05, 4.69) is 0 Å². The van der Waals surface area contributed by atoms with Gasteiger partial charge in [-0.2, -0.15) is 0 Å². The molecule has 0 fully saturated rings. The zero-order chi connectivity index (χ0) is 6.69. The first-order valence-electron chi connectivity index (χ1n) is 2.59. The second-order valence-corrected chi connectivity index (χ2v) is 1.67. The average Bonchev–Trinajstić information content (AvgIpc) is 1.90. The van der Waals surface area contributed by atoms with Crippen LogP contribution in [0.3, 0.4) is 0 Å². The normalized spacial score (nSPS) is 8.00. The predicted molar refractivity (Wildman–Crippen MR) is 34.5 cm³/mol. The van der Waals surface area contributed by atoms with E-state index >= 15 is 0 Å². The standard InChI is InChI=1S/C7H6O2.Rb.H/c8-7(9)6-4-2-1-3-5-6;;/h1-5H,(H,8,9);;/q;+1;-1. The van der Waals surface area contributed by atoms with Gasteiger partial charge in [0.15, 0.2) is 0 Å². The van der Waals surface area contributed by atoms with Crippen LogP contribution in [0.25, 0.3) is 0 Å². The molecule has 0 amide bonds. The van der Waals surface area contributed by atoms with E-state index in [0.717, 1.165) is 0 Å². The fraction of sp³-hybridized carbons (Fsp3) is 0. The van der Waals surface area contributed by atoms with Gasteiger partial charge in [-0.15, -0.1) is 0 Å². The van der Waals surface area contributed by atoms with Crippen molar-refractivity contribution in [2.24, 2.45) is 0 Å². The predicted octanol–water partition coefficient (Wildman–Crippen LogP) is -1.50. The van der Waals surface area contributed by atoms with E-state index in [1.54, 1.807) is 30.3 Å². The summed E-state index contributed by atoms with van der Waals surface area (Å²) in [5, 5.41) is 8.38. The number of hydrogen-bond donors (Lipinski definition) is 1. The Morgan fingerprint density at radius 2 is 1.80 bits per heavy atom. The maximum absolute atomic E-state index is 10.2. The van der Waals surface area contributed by atoms with Gasteiger partial charge >= 0.3 is 64.2 Å². The van der Waals surface area contributed by atoms with Gasteiger partial charge < -0.3 is 6.53 Å². The molecule has 3 heteroatoms. The van der Waals surface area contributed by atoms with Gasteiger partial charge in [-0.1, -0.05) is 18.2 Å². The molecule has 0 radical (unpaired) electrons. The van der Waals surface area contributed by atoms with Gasteiger partial charge in [0, 0.05) is 0 Å². The smallest absolute Gasteiger partial charge is 1.00 e. The Hall–Kier alpha value is 0.495. The molecule has 1 aromatic rings. The van der Waals surface area contributed by atoms with E-state index in [1.165, 1.54) is 0 Å². The van der Waals surface area contributed by atoms with Crippen molar-refractivity contribution in [2.45, 2.75) is 0 Å². The molecule has 0 aliphatic rings. The quantitative estimate of drug-likeness (QED) is 0.610. The van der Waals surface area contributed by atoms with Crippen LogP contribution in [0.5, 0.6) is 0 Å². The third-order valence-corrected chi connectivity index (χ3v) is 1.02. The number of carboxylic acid groups (broad SMARTS) is 1. The van der Waals surface area contributed by atoms with Crippen LogP contribution in [-0.2, 0) is 0 Å². The first kappa shape index (κ1) is 10.5. The Morgan fingerprint density at radius 1 is 1.30 bits per heavy atom. The first-order chi connectivity index (χ1) is 4.30. The van der Waals surface area contributed by atoms with E-state index in [1.807, 2.05) is 0 Å². The molecule has 0 saturated heterocycles. The Morgan fingerprint density at radius 3 is 2.10 bits per heavy atom. The minimum absolute atomic E-state index is 0. The first-order valence-corrected chi connectivity index (χ1v) is 2.59. The van der Waals surface area contributed by atoms with Crippen LogP contribution in [0.15, 0.2) is 30.3 Å². The van der Waals surface area contributed by atoms with Crippen LogP contribution in [0, 0.1) is 0 Å². The molecule has 0 aromatic heterocycles. The maximum Gasteiger partial charge on any atom is 1.00 e. The summed E-state index contributed by atoms with van der Waals surface area (Å²) in [5.74, 6) is -0.879. The topological polar surface area (TPSA) is 37.3 Å². The molecular weight excluding hydrogens is 202 g/mol. The van der Waals surface area contributed by atoms with Gasteiger partial charge in [-0.25, -0.2) is 4.79 Å². The third kappa shape index (κ3) is 3.06. The second-order valence-electron chi connectivity index (χ2n) is 1.67. The minimum atomic E-state index is -0.879. The molecule has 0 aliphatic carbocycles. The second kappa shape index (κ2) is 5.19. The summed E-state index contributed by atoms with van der Waals surface area (Å²) in [4.78, 5) is 10.2. The van der Waals surface area contributed by atoms with E-state index in [9.17, 15) is 4.79 Å². The van der Waals surface area contributed by atoms with Gasteiger partial charge in [0.1, 0.15) is 0 Å². The Labute approximate surface area is 110 Å². The maximum atomic E-state index is 10.2. The molecule has 0 spiro atoms. The summed E-state index contributed by atoms with van der Waals surface area (Å²) < 4.78 is 0. The Kier molecular flexibility index (Phi) is 5.44. The molecule has 0 unspecified atom stereocenters. The van der Waals surface area contributed by atoms with E-state index < -0.39 is 5.97 Å². The van der Waals surface area contributed by atoms with Crippen molar-refractivity contribution in [3.63, 3.8) is 0 Å². The Balaban J connectivity index is 0. The molecule has 10 heavy (non-hydrogen) atoms. The number of benzene rings is 1. The molecule has 2 nitrogen and oxygen atoms in total. The van der Waals surface area contributed by atoms with Gasteiger partial charge in [0.2, 0.25) is 0 Å². The van der Waals surface area contributed by atoms with Crippen LogP contribution in [-0.4, -0.2) is 11.1 Å². The molecule has 1 N–H and O–H groups in total. The monoisotopic (exact) mass is 208 g/mol. The van der Waals surface area contributed by atoms with Gasteiger partial charge in [-0.05, 0) is 12.1 Å². The van der Waals surface area contributed by atoms with Crippen LogP contribution in [0.1, 0.15) is 11.8 Å². The molecular formula is C7H7O2Rb. The molecule has 1 aromatic carbocycles. The summed E-state index contributed by atoms with van der Waals surface area (Å²) in [5.41, 5.74) is 0.331. The number of rotatable bonds is 1.